The Balaban J connectivity index is 3.35. The van der Waals surface area contributed by atoms with Crippen LogP contribution in [0.15, 0.2) is 10.3 Å². The molecule has 0 saturated heterocycles. The molecule has 0 aliphatic carbocycles. The second kappa shape index (κ2) is 4.23. The highest BCUT2D eigenvalue weighted by Gasteiger charge is 1.79. The molecule has 0 aromatic carbocycles. The molecule has 0 radical (unpaired) electrons. The molecule has 0 spiro atoms. The van der Waals surface area contributed by atoms with E-state index in [1.54, 1.807) is 0 Å². The summed E-state index contributed by atoms with van der Waals surface area (Å²) < 4.78 is 0. The van der Waals surface area contributed by atoms with Crippen LogP contribution in [-0.2, 0) is 0 Å². The highest BCUT2D eigenvalue weighted by Crippen LogP contribution is 1.73. The maximum Gasteiger partial charge on any atom is 0.115 e. The fourth-order valence-electron chi connectivity index (χ4n) is 0.196. The van der Waals surface area contributed by atoms with Crippen LogP contribution in [0.25, 0.3) is 0 Å². The number of rotatable bonds is 3. The molecule has 0 saturated carbocycles. The predicted molar refractivity (Wildman–Crippen MR) is 31.9 cm³/mol. The van der Waals surface area contributed by atoms with Gasteiger partial charge in [-0.25, -0.2) is 0 Å². The summed E-state index contributed by atoms with van der Waals surface area (Å²) in [7, 11) is 1.87. The third-order valence-corrected chi connectivity index (χ3v) is 0.805. The van der Waals surface area contributed by atoms with Gasteiger partial charge in [-0.1, -0.05) is 5.22 Å². The number of hydrogen-bond donors (Lipinski definition) is 1. The van der Waals surface area contributed by atoms with Crippen molar-refractivity contribution in [2.24, 2.45) is 10.3 Å². The van der Waals surface area contributed by atoms with Gasteiger partial charge >= 0.3 is 0 Å². The molecule has 0 bridgehead atoms. The zero-order valence-corrected chi connectivity index (χ0v) is 5.13. The lowest BCUT2D eigenvalue weighted by molar-refractivity contribution is 0.549. The third-order valence-electron chi connectivity index (χ3n) is 0.805. The van der Waals surface area contributed by atoms with Crippen LogP contribution < -0.4 is 0 Å². The van der Waals surface area contributed by atoms with Crippen LogP contribution in [0.2, 0.25) is 0 Å². The van der Waals surface area contributed by atoms with Crippen LogP contribution in [0, 0.1) is 5.53 Å². The van der Waals surface area contributed by atoms with Gasteiger partial charge in [-0.05, 0) is 6.92 Å². The van der Waals surface area contributed by atoms with Gasteiger partial charge in [0.2, 0.25) is 0 Å². The van der Waals surface area contributed by atoms with E-state index in [0.717, 1.165) is 6.54 Å². The van der Waals surface area contributed by atoms with Gasteiger partial charge in [-0.3, -0.25) is 0 Å². The van der Waals surface area contributed by atoms with E-state index in [2.05, 4.69) is 10.3 Å². The quantitative estimate of drug-likeness (QED) is 0.252. The standard InChI is InChI=1S/C4H10N4/c1-3-8(2)4-6-7-5/h4-5H,3H2,1-2H3/b6-4-,7-5?. The summed E-state index contributed by atoms with van der Waals surface area (Å²) >= 11 is 0. The van der Waals surface area contributed by atoms with E-state index < -0.39 is 0 Å². The van der Waals surface area contributed by atoms with Crippen molar-refractivity contribution in [3.8, 4) is 0 Å². The van der Waals surface area contributed by atoms with Crippen molar-refractivity contribution >= 4 is 6.34 Å². The van der Waals surface area contributed by atoms with Crippen LogP contribution in [-0.4, -0.2) is 24.8 Å². The monoisotopic (exact) mass is 114 g/mol. The normalized spacial score (nSPS) is 9.75. The molecule has 0 aromatic heterocycles. The first kappa shape index (κ1) is 7.07. The van der Waals surface area contributed by atoms with Crippen LogP contribution in [0.5, 0.6) is 0 Å². The average molecular weight is 114 g/mol. The van der Waals surface area contributed by atoms with Crippen LogP contribution >= 0.6 is 0 Å². The van der Waals surface area contributed by atoms with Gasteiger partial charge in [0.15, 0.2) is 0 Å². The largest absolute Gasteiger partial charge is 0.364 e. The van der Waals surface area contributed by atoms with Gasteiger partial charge < -0.3 is 4.90 Å². The minimum absolute atomic E-state index is 0.888. The summed E-state index contributed by atoms with van der Waals surface area (Å²) in [5, 5.41) is 6.14. The fourth-order valence-corrected chi connectivity index (χ4v) is 0.196. The van der Waals surface area contributed by atoms with Crippen LogP contribution in [0.1, 0.15) is 6.92 Å². The molecule has 0 fully saturated rings. The van der Waals surface area contributed by atoms with E-state index in [1.165, 1.54) is 6.34 Å². The van der Waals surface area contributed by atoms with E-state index >= 15 is 0 Å². The Morgan fingerprint density at radius 1 is 1.75 bits per heavy atom. The summed E-state index contributed by atoms with van der Waals surface area (Å²) in [4.78, 5) is 1.83. The number of nitrogens with zero attached hydrogens (tertiary/aromatic N) is 3. The summed E-state index contributed by atoms with van der Waals surface area (Å²) in [6.07, 6.45) is 1.51. The van der Waals surface area contributed by atoms with E-state index in [0.29, 0.717) is 0 Å². The zero-order chi connectivity index (χ0) is 6.41. The summed E-state index contributed by atoms with van der Waals surface area (Å²) in [6, 6.07) is 0. The lowest BCUT2D eigenvalue weighted by Crippen LogP contribution is -2.13. The molecule has 0 amide bonds. The minimum atomic E-state index is 0.888. The van der Waals surface area contributed by atoms with Crippen molar-refractivity contribution in [3.05, 3.63) is 0 Å². The van der Waals surface area contributed by atoms with Gasteiger partial charge in [0.05, 0.1) is 0 Å². The maximum atomic E-state index is 6.27. The van der Waals surface area contributed by atoms with Crippen molar-refractivity contribution in [2.75, 3.05) is 13.6 Å². The summed E-state index contributed by atoms with van der Waals surface area (Å²) in [5.74, 6) is 0. The van der Waals surface area contributed by atoms with Crippen LogP contribution in [0.3, 0.4) is 0 Å². The fraction of sp³-hybridized carbons (Fsp3) is 0.750. The minimum Gasteiger partial charge on any atom is -0.364 e. The lowest BCUT2D eigenvalue weighted by atomic mass is 10.7. The molecule has 0 aliphatic heterocycles. The molecule has 0 aliphatic rings. The maximum absolute atomic E-state index is 6.27. The molecule has 4 heteroatoms. The summed E-state index contributed by atoms with van der Waals surface area (Å²) in [6.45, 7) is 2.88. The Hall–Kier alpha value is -0.930. The highest BCUT2D eigenvalue weighted by atomic mass is 15.3. The first-order valence-corrected chi connectivity index (χ1v) is 2.41. The smallest absolute Gasteiger partial charge is 0.115 e. The molecule has 0 atom stereocenters. The SMILES string of the molecule is CCN(C)/C=N\N=N. The number of hydrogen-bond acceptors (Lipinski definition) is 2. The van der Waals surface area contributed by atoms with Crippen molar-refractivity contribution in [1.82, 2.24) is 4.90 Å². The molecule has 0 unspecified atom stereocenters. The van der Waals surface area contributed by atoms with Crippen molar-refractivity contribution < 1.29 is 0 Å². The lowest BCUT2D eigenvalue weighted by Gasteiger charge is -2.05. The van der Waals surface area contributed by atoms with Crippen molar-refractivity contribution in [2.45, 2.75) is 6.92 Å². The molecule has 0 heterocycles. The van der Waals surface area contributed by atoms with Gasteiger partial charge in [-0.15, -0.1) is 5.10 Å². The van der Waals surface area contributed by atoms with E-state index in [4.69, 9.17) is 5.53 Å². The Morgan fingerprint density at radius 2 is 2.38 bits per heavy atom. The molecule has 0 rings (SSSR count). The molecular formula is C4H10N4. The predicted octanol–water partition coefficient (Wildman–Crippen LogP) is 0.912. The Bertz CT molecular complexity index is 88.0. The van der Waals surface area contributed by atoms with Crippen molar-refractivity contribution in [1.29, 1.82) is 5.53 Å². The first-order chi connectivity index (χ1) is 3.81. The van der Waals surface area contributed by atoms with Gasteiger partial charge in [0.25, 0.3) is 0 Å². The average Bonchev–Trinajstić information content (AvgIpc) is 1.83. The zero-order valence-electron chi connectivity index (χ0n) is 5.13. The molecular weight excluding hydrogens is 104 g/mol. The second-order valence-corrected chi connectivity index (χ2v) is 1.40. The van der Waals surface area contributed by atoms with Gasteiger partial charge in [0.1, 0.15) is 6.34 Å². The van der Waals surface area contributed by atoms with E-state index in [9.17, 15) is 0 Å². The highest BCUT2D eigenvalue weighted by molar-refractivity contribution is 5.53. The Kier molecular flexibility index (Phi) is 3.74. The second-order valence-electron chi connectivity index (χ2n) is 1.40. The van der Waals surface area contributed by atoms with Crippen molar-refractivity contribution in [3.63, 3.8) is 0 Å². The van der Waals surface area contributed by atoms with E-state index in [-0.39, 0.29) is 0 Å². The third kappa shape index (κ3) is 3.27. The Morgan fingerprint density at radius 3 is 2.75 bits per heavy atom. The summed E-state index contributed by atoms with van der Waals surface area (Å²) in [5.41, 5.74) is 6.27. The van der Waals surface area contributed by atoms with Gasteiger partial charge in [-0.2, -0.15) is 5.53 Å². The topological polar surface area (TPSA) is 51.8 Å². The molecule has 0 aromatic rings. The number of nitrogens with one attached hydrogen (secondary N) is 1. The van der Waals surface area contributed by atoms with Gasteiger partial charge in [0, 0.05) is 13.6 Å². The van der Waals surface area contributed by atoms with Crippen LogP contribution in [0.4, 0.5) is 0 Å². The first-order valence-electron chi connectivity index (χ1n) is 2.41. The molecule has 46 valence electrons. The van der Waals surface area contributed by atoms with E-state index in [1.807, 2.05) is 18.9 Å². The Labute approximate surface area is 48.7 Å². The molecule has 1 N–H and O–H groups in total. The molecule has 4 nitrogen and oxygen atoms in total. The molecule has 8 heavy (non-hydrogen) atoms.